The van der Waals surface area contributed by atoms with Crippen molar-refractivity contribution in [3.05, 3.63) is 76.0 Å². The average molecular weight is 626 g/mol. The number of rotatable bonds is 11. The minimum Gasteiger partial charge on any atom is -0.394 e. The molecule has 2 aromatic heterocycles. The maximum atomic E-state index is 15.2. The number of aromatic nitrogens is 3. The molecule has 1 saturated heterocycles. The molecule has 1 fully saturated rings. The fourth-order valence-electron chi connectivity index (χ4n) is 6.08. The SMILES string of the molecule is C[C@H](N)CCCC1=CC(Cl)C(F)C(c2cc3cn(-c4ccc([C@@H]5CC(CCNC(=N)N)CC(CO)O5)cc4)c(=O)nc3[nH]2)=C1. The summed E-state index contributed by atoms with van der Waals surface area (Å²) >= 11 is 6.37. The van der Waals surface area contributed by atoms with Gasteiger partial charge in [-0.2, -0.15) is 4.98 Å². The summed E-state index contributed by atoms with van der Waals surface area (Å²) in [6.07, 6.45) is 8.24. The molecule has 8 N–H and O–H groups in total. The molecule has 1 aliphatic carbocycles. The lowest BCUT2D eigenvalue weighted by Crippen LogP contribution is -2.35. The van der Waals surface area contributed by atoms with Crippen LogP contribution in [0.25, 0.3) is 22.3 Å². The van der Waals surface area contributed by atoms with Crippen molar-refractivity contribution >= 4 is 34.2 Å². The van der Waals surface area contributed by atoms with Gasteiger partial charge in [-0.05, 0) is 80.7 Å². The quantitative estimate of drug-likeness (QED) is 0.105. The van der Waals surface area contributed by atoms with E-state index < -0.39 is 17.2 Å². The summed E-state index contributed by atoms with van der Waals surface area (Å²) in [6.45, 7) is 2.49. The second-order valence-electron chi connectivity index (χ2n) is 11.9. The predicted molar refractivity (Wildman–Crippen MR) is 172 cm³/mol. The first-order valence-electron chi connectivity index (χ1n) is 15.1. The Balaban J connectivity index is 1.34. The van der Waals surface area contributed by atoms with Gasteiger partial charge in [-0.25, -0.2) is 9.18 Å². The van der Waals surface area contributed by atoms with Gasteiger partial charge in [-0.1, -0.05) is 24.3 Å². The number of halogens is 2. The van der Waals surface area contributed by atoms with Crippen LogP contribution in [0.1, 0.15) is 62.8 Å². The number of nitrogens with zero attached hydrogens (tertiary/aromatic N) is 2. The number of allylic oxidation sites excluding steroid dienone is 4. The lowest BCUT2D eigenvalue weighted by molar-refractivity contribution is -0.0936. The third-order valence-electron chi connectivity index (χ3n) is 8.35. The third kappa shape index (κ3) is 7.58. The molecule has 10 nitrogen and oxygen atoms in total. The van der Waals surface area contributed by atoms with E-state index in [9.17, 15) is 9.90 Å². The van der Waals surface area contributed by atoms with Crippen molar-refractivity contribution in [3.8, 4) is 5.69 Å². The largest absolute Gasteiger partial charge is 0.394 e. The van der Waals surface area contributed by atoms with Gasteiger partial charge in [0.25, 0.3) is 0 Å². The van der Waals surface area contributed by atoms with E-state index in [4.69, 9.17) is 33.2 Å². The smallest absolute Gasteiger partial charge is 0.354 e. The monoisotopic (exact) mass is 625 g/mol. The molecule has 0 radical (unpaired) electrons. The number of aromatic amines is 1. The predicted octanol–water partition coefficient (Wildman–Crippen LogP) is 4.20. The number of hydrogen-bond acceptors (Lipinski definition) is 6. The molecule has 0 amide bonds. The lowest BCUT2D eigenvalue weighted by atomic mass is 9.86. The summed E-state index contributed by atoms with van der Waals surface area (Å²) in [5, 5.41) is 19.9. The zero-order valence-electron chi connectivity index (χ0n) is 24.8. The molecule has 0 spiro atoms. The van der Waals surface area contributed by atoms with Crippen LogP contribution in [-0.4, -0.2) is 62.4 Å². The lowest BCUT2D eigenvalue weighted by Gasteiger charge is -2.35. The number of nitrogens with one attached hydrogen (secondary N) is 3. The molecule has 5 rings (SSSR count). The van der Waals surface area contributed by atoms with Crippen molar-refractivity contribution in [1.82, 2.24) is 19.9 Å². The van der Waals surface area contributed by atoms with Crippen molar-refractivity contribution in [3.63, 3.8) is 0 Å². The van der Waals surface area contributed by atoms with Gasteiger partial charge in [0.15, 0.2) is 5.96 Å². The summed E-state index contributed by atoms with van der Waals surface area (Å²) in [5.41, 5.74) is 14.7. The molecule has 12 heteroatoms. The molecular weight excluding hydrogens is 585 g/mol. The van der Waals surface area contributed by atoms with Crippen LogP contribution in [0.4, 0.5) is 4.39 Å². The number of H-pyrrole nitrogens is 1. The Morgan fingerprint density at radius 3 is 2.82 bits per heavy atom. The van der Waals surface area contributed by atoms with Crippen molar-refractivity contribution < 1.29 is 14.2 Å². The van der Waals surface area contributed by atoms with Gasteiger partial charge in [0.2, 0.25) is 0 Å². The second-order valence-corrected chi connectivity index (χ2v) is 12.4. The van der Waals surface area contributed by atoms with Gasteiger partial charge in [-0.3, -0.25) is 9.98 Å². The first-order chi connectivity index (χ1) is 21.1. The highest BCUT2D eigenvalue weighted by Crippen LogP contribution is 2.37. The molecule has 0 saturated carbocycles. The zero-order chi connectivity index (χ0) is 31.4. The van der Waals surface area contributed by atoms with E-state index in [0.717, 1.165) is 49.7 Å². The Morgan fingerprint density at radius 1 is 1.34 bits per heavy atom. The van der Waals surface area contributed by atoms with Crippen molar-refractivity contribution in [2.24, 2.45) is 17.4 Å². The number of fused-ring (bicyclic) bond motifs is 1. The van der Waals surface area contributed by atoms with E-state index in [1.54, 1.807) is 18.3 Å². The molecule has 2 aliphatic rings. The molecule has 3 aromatic rings. The Kier molecular flexibility index (Phi) is 10.2. The Morgan fingerprint density at radius 2 is 2.11 bits per heavy atom. The van der Waals surface area contributed by atoms with Gasteiger partial charge in [0.05, 0.1) is 29.9 Å². The van der Waals surface area contributed by atoms with Crippen LogP contribution < -0.4 is 22.5 Å². The number of aliphatic hydroxyl groups excluding tert-OH is 1. The molecule has 44 heavy (non-hydrogen) atoms. The van der Waals surface area contributed by atoms with Crippen LogP contribution in [-0.2, 0) is 4.74 Å². The van der Waals surface area contributed by atoms with Crippen molar-refractivity contribution in [1.29, 1.82) is 5.41 Å². The maximum Gasteiger partial charge on any atom is 0.354 e. The van der Waals surface area contributed by atoms with Gasteiger partial charge in [0, 0.05) is 35.4 Å². The van der Waals surface area contributed by atoms with E-state index in [-0.39, 0.29) is 30.8 Å². The highest BCUT2D eigenvalue weighted by Gasteiger charge is 2.30. The van der Waals surface area contributed by atoms with E-state index in [1.165, 1.54) is 4.57 Å². The van der Waals surface area contributed by atoms with Crippen molar-refractivity contribution in [2.75, 3.05) is 13.2 Å². The second kappa shape index (κ2) is 14.1. The summed E-state index contributed by atoms with van der Waals surface area (Å²) in [6, 6.07) is 9.43. The highest BCUT2D eigenvalue weighted by atomic mass is 35.5. The van der Waals surface area contributed by atoms with Crippen LogP contribution in [0.5, 0.6) is 0 Å². The third-order valence-corrected chi connectivity index (χ3v) is 8.70. The summed E-state index contributed by atoms with van der Waals surface area (Å²) < 4.78 is 22.9. The fraction of sp³-hybridized carbons (Fsp3) is 0.469. The Labute approximate surface area is 260 Å². The minimum absolute atomic E-state index is 0.0571. The molecule has 4 unspecified atom stereocenters. The molecule has 0 bridgehead atoms. The molecule has 3 heterocycles. The van der Waals surface area contributed by atoms with Crippen LogP contribution in [0.2, 0.25) is 0 Å². The van der Waals surface area contributed by atoms with E-state index in [0.29, 0.717) is 40.5 Å². The Bertz CT molecular complexity index is 1580. The number of nitrogens with two attached hydrogens (primary N) is 2. The topological polar surface area (TPSA) is 168 Å². The molecule has 6 atom stereocenters. The molecule has 1 aliphatic heterocycles. The zero-order valence-corrected chi connectivity index (χ0v) is 25.6. The molecule has 236 valence electrons. The van der Waals surface area contributed by atoms with Gasteiger partial charge >= 0.3 is 5.69 Å². The van der Waals surface area contributed by atoms with Gasteiger partial charge < -0.3 is 31.6 Å². The summed E-state index contributed by atoms with van der Waals surface area (Å²) in [7, 11) is 0. The normalized spacial score (nSPS) is 24.5. The number of benzene rings is 1. The summed E-state index contributed by atoms with van der Waals surface area (Å²) in [4.78, 5) is 20.4. The van der Waals surface area contributed by atoms with E-state index in [1.807, 2.05) is 37.3 Å². The van der Waals surface area contributed by atoms with Crippen LogP contribution in [0.3, 0.4) is 0 Å². The maximum absolute atomic E-state index is 15.2. The number of aliphatic hydroxyl groups is 1. The van der Waals surface area contributed by atoms with Crippen LogP contribution in [0.15, 0.2) is 59.0 Å². The molecular formula is C32H41ClFN7O3. The minimum atomic E-state index is -1.40. The fourth-order valence-corrected chi connectivity index (χ4v) is 6.37. The number of alkyl halides is 2. The average Bonchev–Trinajstić information content (AvgIpc) is 3.40. The molecule has 1 aromatic carbocycles. The highest BCUT2D eigenvalue weighted by molar-refractivity contribution is 6.23. The first-order valence-corrected chi connectivity index (χ1v) is 15.6. The first kappa shape index (κ1) is 31.9. The van der Waals surface area contributed by atoms with E-state index in [2.05, 4.69) is 15.3 Å². The van der Waals surface area contributed by atoms with Gasteiger partial charge in [0.1, 0.15) is 11.8 Å². The number of hydrogen-bond donors (Lipinski definition) is 6. The standard InChI is InChI=1S/C32H41ClFN7O3/c1-18(35)3-2-4-19-12-25(29(34)26(33)13-19)27-15-22-16-41(32(43)40-30(22)39-27)23-7-5-21(6-8-23)28-14-20(9-10-38-31(36)37)11-24(17-42)44-28/h5-8,12-13,15-16,18,20,24,26,28-29,42H,2-4,9-11,14,17,35H2,1H3,(H4,36,37,38)(H,39,40,43)/t18-,20?,24?,26?,28-,29?/m0/s1. The Hall–Kier alpha value is -3.51. The van der Waals surface area contributed by atoms with Crippen LogP contribution in [0, 0.1) is 11.3 Å². The van der Waals surface area contributed by atoms with Gasteiger partial charge in [-0.15, -0.1) is 11.6 Å². The number of guanidine groups is 1. The van der Waals surface area contributed by atoms with Crippen LogP contribution >= 0.6 is 11.6 Å². The number of ether oxygens (including phenoxy) is 1. The van der Waals surface area contributed by atoms with Crippen molar-refractivity contribution in [2.45, 2.75) is 75.2 Å². The van der Waals surface area contributed by atoms with E-state index >= 15 is 4.39 Å². The summed E-state index contributed by atoms with van der Waals surface area (Å²) in [5.74, 6) is 0.242.